The summed E-state index contributed by atoms with van der Waals surface area (Å²) in [5.74, 6) is -0.0161. The van der Waals surface area contributed by atoms with Crippen molar-refractivity contribution >= 4 is 11.7 Å². The van der Waals surface area contributed by atoms with Crippen molar-refractivity contribution < 1.29 is 14.6 Å². The third-order valence-electron chi connectivity index (χ3n) is 2.96. The molecule has 1 aromatic carbocycles. The van der Waals surface area contributed by atoms with E-state index in [1.165, 1.54) is 0 Å². The zero-order valence-corrected chi connectivity index (χ0v) is 10.1. The molecule has 0 aliphatic carbocycles. The lowest BCUT2D eigenvalue weighted by molar-refractivity contribution is -0.135. The van der Waals surface area contributed by atoms with Crippen LogP contribution in [0.15, 0.2) is 18.2 Å². The van der Waals surface area contributed by atoms with E-state index in [0.29, 0.717) is 6.54 Å². The van der Waals surface area contributed by atoms with Gasteiger partial charge in [-0.15, -0.1) is 0 Å². The Morgan fingerprint density at radius 1 is 1.59 bits per heavy atom. The highest BCUT2D eigenvalue weighted by Gasteiger charge is 2.25. The molecule has 0 bridgehead atoms. The molecule has 0 spiro atoms. The number of carboxylic acid groups (broad SMARTS) is 1. The molecule has 92 valence electrons. The fraction of sp³-hybridized carbons (Fsp3) is 0.462. The zero-order chi connectivity index (χ0) is 12.4. The van der Waals surface area contributed by atoms with Gasteiger partial charge in [0.05, 0.1) is 12.2 Å². The maximum absolute atomic E-state index is 10.9. The smallest absolute Gasteiger partial charge is 0.323 e. The number of aliphatic carboxylic acids is 1. The summed E-state index contributed by atoms with van der Waals surface area (Å²) in [6.07, 6.45) is 0.951. The van der Waals surface area contributed by atoms with Crippen LogP contribution in [0.2, 0.25) is 0 Å². The van der Waals surface area contributed by atoms with Crippen LogP contribution < -0.4 is 9.64 Å². The molecule has 1 heterocycles. The summed E-state index contributed by atoms with van der Waals surface area (Å²) in [7, 11) is 0. The highest BCUT2D eigenvalue weighted by atomic mass is 16.5. The molecule has 1 unspecified atom stereocenters. The maximum atomic E-state index is 10.9. The van der Waals surface area contributed by atoms with Gasteiger partial charge in [0.1, 0.15) is 18.4 Å². The van der Waals surface area contributed by atoms with E-state index in [4.69, 9.17) is 9.84 Å². The first kappa shape index (κ1) is 11.8. The molecular weight excluding hydrogens is 218 g/mol. The van der Waals surface area contributed by atoms with Crippen molar-refractivity contribution in [1.82, 2.24) is 0 Å². The number of carboxylic acids is 1. The monoisotopic (exact) mass is 235 g/mol. The molecule has 1 aliphatic heterocycles. The van der Waals surface area contributed by atoms with Crippen molar-refractivity contribution in [2.45, 2.75) is 26.4 Å². The van der Waals surface area contributed by atoms with Gasteiger partial charge in [-0.05, 0) is 31.0 Å². The first-order valence-electron chi connectivity index (χ1n) is 5.84. The second-order valence-electron chi connectivity index (χ2n) is 4.39. The molecule has 1 aliphatic rings. The average Bonchev–Trinajstić information content (AvgIpc) is 2.27. The van der Waals surface area contributed by atoms with E-state index in [1.807, 2.05) is 36.9 Å². The predicted molar refractivity (Wildman–Crippen MR) is 65.7 cm³/mol. The molecule has 2 rings (SSSR count). The second kappa shape index (κ2) is 4.65. The molecule has 0 saturated heterocycles. The predicted octanol–water partition coefficient (Wildman–Crippen LogP) is 2.06. The molecule has 1 atom stereocenters. The molecular formula is C13H17NO3. The lowest BCUT2D eigenvalue weighted by Gasteiger charge is -2.35. The number of hydrogen-bond donors (Lipinski definition) is 1. The number of aryl methyl sites for hydroxylation is 1. The first-order chi connectivity index (χ1) is 8.10. The molecule has 17 heavy (non-hydrogen) atoms. The Labute approximate surface area is 101 Å². The van der Waals surface area contributed by atoms with Gasteiger partial charge in [0.15, 0.2) is 0 Å². The number of nitrogens with zero attached hydrogens (tertiary/aromatic N) is 1. The number of ether oxygens (including phenoxy) is 1. The minimum Gasteiger partial charge on any atom is -0.486 e. The van der Waals surface area contributed by atoms with Crippen LogP contribution in [-0.2, 0) is 4.79 Å². The molecule has 1 aromatic rings. The standard InChI is InChI=1S/C13H17NO3/c1-3-10-7-14(8-13(15)16)11-5-4-9(2)6-12(11)17-10/h4-6,10H,3,7-8H2,1-2H3,(H,15,16). The quantitative estimate of drug-likeness (QED) is 0.871. The Morgan fingerprint density at radius 2 is 2.35 bits per heavy atom. The largest absolute Gasteiger partial charge is 0.486 e. The molecule has 0 radical (unpaired) electrons. The molecule has 0 saturated carbocycles. The van der Waals surface area contributed by atoms with Crippen LogP contribution in [0.5, 0.6) is 5.75 Å². The van der Waals surface area contributed by atoms with Gasteiger partial charge in [0, 0.05) is 0 Å². The zero-order valence-electron chi connectivity index (χ0n) is 10.1. The van der Waals surface area contributed by atoms with Crippen molar-refractivity contribution in [2.24, 2.45) is 0 Å². The number of hydrogen-bond acceptors (Lipinski definition) is 3. The second-order valence-corrected chi connectivity index (χ2v) is 4.39. The molecule has 4 nitrogen and oxygen atoms in total. The topological polar surface area (TPSA) is 49.8 Å². The Hall–Kier alpha value is -1.71. The summed E-state index contributed by atoms with van der Waals surface area (Å²) in [6, 6.07) is 5.87. The third-order valence-corrected chi connectivity index (χ3v) is 2.96. The van der Waals surface area contributed by atoms with Gasteiger partial charge in [0.2, 0.25) is 0 Å². The number of rotatable bonds is 3. The van der Waals surface area contributed by atoms with Gasteiger partial charge >= 0.3 is 5.97 Å². The minimum absolute atomic E-state index is 0.0237. The van der Waals surface area contributed by atoms with E-state index >= 15 is 0 Å². The van der Waals surface area contributed by atoms with Crippen LogP contribution in [0.4, 0.5) is 5.69 Å². The highest BCUT2D eigenvalue weighted by molar-refractivity contribution is 5.75. The van der Waals surface area contributed by atoms with Crippen molar-refractivity contribution in [3.8, 4) is 5.75 Å². The lowest BCUT2D eigenvalue weighted by atomic mass is 10.1. The Kier molecular flexibility index (Phi) is 3.22. The van der Waals surface area contributed by atoms with Crippen LogP contribution >= 0.6 is 0 Å². The number of anilines is 1. The molecule has 0 aromatic heterocycles. The van der Waals surface area contributed by atoms with E-state index in [9.17, 15) is 4.79 Å². The van der Waals surface area contributed by atoms with Crippen LogP contribution in [0, 0.1) is 6.92 Å². The number of benzene rings is 1. The summed E-state index contributed by atoms with van der Waals surface area (Å²) in [6.45, 7) is 4.71. The molecule has 4 heteroatoms. The lowest BCUT2D eigenvalue weighted by Crippen LogP contribution is -2.42. The average molecular weight is 235 g/mol. The first-order valence-corrected chi connectivity index (χ1v) is 5.84. The van der Waals surface area contributed by atoms with Crippen LogP contribution in [-0.4, -0.2) is 30.3 Å². The van der Waals surface area contributed by atoms with Crippen LogP contribution in [0.3, 0.4) is 0 Å². The summed E-state index contributed by atoms with van der Waals surface area (Å²) in [5, 5.41) is 8.92. The Balaban J connectivity index is 2.32. The van der Waals surface area contributed by atoms with Gasteiger partial charge in [-0.1, -0.05) is 13.0 Å². The Bertz CT molecular complexity index is 431. The minimum atomic E-state index is -0.812. The SMILES string of the molecule is CCC1CN(CC(=O)O)c2ccc(C)cc2O1. The van der Waals surface area contributed by atoms with Crippen molar-refractivity contribution in [3.63, 3.8) is 0 Å². The number of carbonyl (C=O) groups is 1. The van der Waals surface area contributed by atoms with Crippen LogP contribution in [0.25, 0.3) is 0 Å². The third kappa shape index (κ3) is 2.52. The van der Waals surface area contributed by atoms with E-state index in [2.05, 4.69) is 0 Å². The summed E-state index contributed by atoms with van der Waals surface area (Å²) >= 11 is 0. The van der Waals surface area contributed by atoms with E-state index in [1.54, 1.807) is 0 Å². The fourth-order valence-corrected chi connectivity index (χ4v) is 2.06. The van der Waals surface area contributed by atoms with Gasteiger partial charge in [-0.2, -0.15) is 0 Å². The van der Waals surface area contributed by atoms with E-state index < -0.39 is 5.97 Å². The van der Waals surface area contributed by atoms with Crippen molar-refractivity contribution in [2.75, 3.05) is 18.0 Å². The van der Waals surface area contributed by atoms with Gasteiger partial charge < -0.3 is 14.7 Å². The van der Waals surface area contributed by atoms with E-state index in [-0.39, 0.29) is 12.6 Å². The molecule has 0 fully saturated rings. The van der Waals surface area contributed by atoms with Crippen LogP contribution in [0.1, 0.15) is 18.9 Å². The Morgan fingerprint density at radius 3 is 3.00 bits per heavy atom. The molecule has 1 N–H and O–H groups in total. The van der Waals surface area contributed by atoms with Gasteiger partial charge in [-0.25, -0.2) is 0 Å². The molecule has 0 amide bonds. The van der Waals surface area contributed by atoms with E-state index in [0.717, 1.165) is 23.4 Å². The summed E-state index contributed by atoms with van der Waals surface area (Å²) in [5.41, 5.74) is 2.00. The summed E-state index contributed by atoms with van der Waals surface area (Å²) < 4.78 is 5.84. The maximum Gasteiger partial charge on any atom is 0.323 e. The number of fused-ring (bicyclic) bond motifs is 1. The van der Waals surface area contributed by atoms with Crippen molar-refractivity contribution in [1.29, 1.82) is 0 Å². The fourth-order valence-electron chi connectivity index (χ4n) is 2.06. The highest BCUT2D eigenvalue weighted by Crippen LogP contribution is 2.34. The van der Waals surface area contributed by atoms with Gasteiger partial charge in [-0.3, -0.25) is 4.79 Å². The van der Waals surface area contributed by atoms with Gasteiger partial charge in [0.25, 0.3) is 0 Å². The van der Waals surface area contributed by atoms with Crippen molar-refractivity contribution in [3.05, 3.63) is 23.8 Å². The summed E-state index contributed by atoms with van der Waals surface area (Å²) in [4.78, 5) is 12.7. The normalized spacial score (nSPS) is 18.5.